The summed E-state index contributed by atoms with van der Waals surface area (Å²) >= 11 is 0. The molecule has 2 aromatic rings. The second-order valence-corrected chi connectivity index (χ2v) is 5.30. The molecule has 5 nitrogen and oxygen atoms in total. The Labute approximate surface area is 124 Å². The van der Waals surface area contributed by atoms with Crippen molar-refractivity contribution < 1.29 is 4.79 Å². The van der Waals surface area contributed by atoms with E-state index >= 15 is 0 Å². The van der Waals surface area contributed by atoms with Crippen molar-refractivity contribution in [2.45, 2.75) is 6.42 Å². The molecule has 1 aliphatic heterocycles. The number of anilines is 1. The Kier molecular flexibility index (Phi) is 4.01. The third-order valence-corrected chi connectivity index (χ3v) is 3.90. The lowest BCUT2D eigenvalue weighted by Gasteiger charge is -2.35. The number of pyridine rings is 1. The highest BCUT2D eigenvalue weighted by molar-refractivity contribution is 5.94. The van der Waals surface area contributed by atoms with Crippen molar-refractivity contribution in [3.05, 3.63) is 36.5 Å². The van der Waals surface area contributed by atoms with Gasteiger partial charge in [-0.2, -0.15) is 0 Å². The normalized spacial score (nSPS) is 15.8. The van der Waals surface area contributed by atoms with Crippen molar-refractivity contribution in [1.82, 2.24) is 9.88 Å². The maximum atomic E-state index is 12.2. The number of nitrogens with two attached hydrogens (primary N) is 1. The molecule has 2 N–H and O–H groups in total. The van der Waals surface area contributed by atoms with Crippen LogP contribution >= 0.6 is 0 Å². The highest BCUT2D eigenvalue weighted by Gasteiger charge is 2.25. The fourth-order valence-corrected chi connectivity index (χ4v) is 2.76. The van der Waals surface area contributed by atoms with Gasteiger partial charge < -0.3 is 15.5 Å². The molecule has 1 aliphatic rings. The molecule has 21 heavy (non-hydrogen) atoms. The standard InChI is InChI=1S/C16H20N4O/c17-7-3-9-19-10-11-20(12-15(19)21)16-14-5-2-1-4-13(14)6-8-18-16/h1-2,4-6,8H,3,7,9-12,17H2. The third-order valence-electron chi connectivity index (χ3n) is 3.90. The van der Waals surface area contributed by atoms with Crippen molar-refractivity contribution in [1.29, 1.82) is 0 Å². The molecule has 1 aromatic heterocycles. The smallest absolute Gasteiger partial charge is 0.242 e. The first-order valence-electron chi connectivity index (χ1n) is 7.36. The Morgan fingerprint density at radius 1 is 1.19 bits per heavy atom. The number of aromatic nitrogens is 1. The number of fused-ring (bicyclic) bond motifs is 1. The van der Waals surface area contributed by atoms with E-state index in [1.165, 1.54) is 0 Å². The summed E-state index contributed by atoms with van der Waals surface area (Å²) in [6.07, 6.45) is 2.67. The monoisotopic (exact) mass is 284 g/mol. The van der Waals surface area contributed by atoms with Crippen molar-refractivity contribution in [3.63, 3.8) is 0 Å². The lowest BCUT2D eigenvalue weighted by molar-refractivity contribution is -0.131. The lowest BCUT2D eigenvalue weighted by Crippen LogP contribution is -2.51. The van der Waals surface area contributed by atoms with E-state index in [0.29, 0.717) is 13.1 Å². The molecular formula is C16H20N4O. The molecule has 0 unspecified atom stereocenters. The summed E-state index contributed by atoms with van der Waals surface area (Å²) in [5.74, 6) is 1.06. The van der Waals surface area contributed by atoms with Crippen molar-refractivity contribution >= 4 is 22.5 Å². The van der Waals surface area contributed by atoms with Crippen LogP contribution in [0.2, 0.25) is 0 Å². The van der Waals surface area contributed by atoms with Gasteiger partial charge >= 0.3 is 0 Å². The molecule has 5 heteroatoms. The molecule has 0 aliphatic carbocycles. The van der Waals surface area contributed by atoms with Gasteiger partial charge in [-0.15, -0.1) is 0 Å². The molecule has 0 atom stereocenters. The summed E-state index contributed by atoms with van der Waals surface area (Å²) in [4.78, 5) is 20.7. The molecule has 0 spiro atoms. The predicted molar refractivity (Wildman–Crippen MR) is 84.2 cm³/mol. The van der Waals surface area contributed by atoms with E-state index in [4.69, 9.17) is 5.73 Å². The van der Waals surface area contributed by atoms with Gasteiger partial charge in [0.05, 0.1) is 6.54 Å². The van der Waals surface area contributed by atoms with E-state index in [-0.39, 0.29) is 5.91 Å². The van der Waals surface area contributed by atoms with Crippen LogP contribution in [0.25, 0.3) is 10.8 Å². The summed E-state index contributed by atoms with van der Waals surface area (Å²) in [5.41, 5.74) is 5.51. The summed E-state index contributed by atoms with van der Waals surface area (Å²) in [5, 5.41) is 2.25. The molecule has 1 saturated heterocycles. The number of amides is 1. The number of nitrogens with zero attached hydrogens (tertiary/aromatic N) is 3. The minimum absolute atomic E-state index is 0.157. The van der Waals surface area contributed by atoms with E-state index in [2.05, 4.69) is 22.0 Å². The quantitative estimate of drug-likeness (QED) is 0.917. The zero-order valence-corrected chi connectivity index (χ0v) is 12.0. The number of carbonyl (C=O) groups excluding carboxylic acids is 1. The van der Waals surface area contributed by atoms with Crippen molar-refractivity contribution in [3.8, 4) is 0 Å². The van der Waals surface area contributed by atoms with Crippen LogP contribution in [0.4, 0.5) is 5.82 Å². The average Bonchev–Trinajstić information content (AvgIpc) is 2.53. The van der Waals surface area contributed by atoms with Gasteiger partial charge in [-0.25, -0.2) is 4.98 Å². The Hall–Kier alpha value is -2.14. The van der Waals surface area contributed by atoms with Gasteiger partial charge in [-0.3, -0.25) is 4.79 Å². The van der Waals surface area contributed by atoms with Crippen LogP contribution in [0.5, 0.6) is 0 Å². The summed E-state index contributed by atoms with van der Waals surface area (Å²) in [7, 11) is 0. The summed E-state index contributed by atoms with van der Waals surface area (Å²) in [6, 6.07) is 10.1. The topological polar surface area (TPSA) is 62.5 Å². The van der Waals surface area contributed by atoms with Gasteiger partial charge in [0.15, 0.2) is 0 Å². The van der Waals surface area contributed by atoms with E-state index in [1.807, 2.05) is 29.3 Å². The van der Waals surface area contributed by atoms with E-state index in [9.17, 15) is 4.79 Å². The number of piperazine rings is 1. The predicted octanol–water partition coefficient (Wildman–Crippen LogP) is 1.23. The van der Waals surface area contributed by atoms with Crippen LogP contribution < -0.4 is 10.6 Å². The van der Waals surface area contributed by atoms with Gasteiger partial charge in [0.2, 0.25) is 5.91 Å². The average molecular weight is 284 g/mol. The zero-order valence-electron chi connectivity index (χ0n) is 12.0. The lowest BCUT2D eigenvalue weighted by atomic mass is 10.1. The first kappa shape index (κ1) is 13.8. The van der Waals surface area contributed by atoms with Crippen LogP contribution in [0.1, 0.15) is 6.42 Å². The molecule has 1 aromatic carbocycles. The maximum absolute atomic E-state index is 12.2. The Bertz CT molecular complexity index is 638. The van der Waals surface area contributed by atoms with Gasteiger partial charge in [-0.05, 0) is 24.4 Å². The highest BCUT2D eigenvalue weighted by Crippen LogP contribution is 2.25. The Balaban J connectivity index is 1.80. The van der Waals surface area contributed by atoms with Gasteiger partial charge in [0.25, 0.3) is 0 Å². The van der Waals surface area contributed by atoms with E-state index < -0.39 is 0 Å². The number of hydrogen-bond donors (Lipinski definition) is 1. The maximum Gasteiger partial charge on any atom is 0.242 e. The molecule has 1 amide bonds. The Morgan fingerprint density at radius 2 is 2.05 bits per heavy atom. The van der Waals surface area contributed by atoms with E-state index in [1.54, 1.807) is 0 Å². The van der Waals surface area contributed by atoms with Gasteiger partial charge in [0, 0.05) is 31.2 Å². The van der Waals surface area contributed by atoms with Gasteiger partial charge in [0.1, 0.15) is 5.82 Å². The fraction of sp³-hybridized carbons (Fsp3) is 0.375. The van der Waals surface area contributed by atoms with Crippen LogP contribution in [-0.4, -0.2) is 48.5 Å². The fourth-order valence-electron chi connectivity index (χ4n) is 2.76. The molecule has 0 bridgehead atoms. The van der Waals surface area contributed by atoms with Crippen LogP contribution in [-0.2, 0) is 4.79 Å². The van der Waals surface area contributed by atoms with Gasteiger partial charge in [-0.1, -0.05) is 24.3 Å². The second kappa shape index (κ2) is 6.10. The van der Waals surface area contributed by atoms with Crippen molar-refractivity contribution in [2.75, 3.05) is 37.6 Å². The highest BCUT2D eigenvalue weighted by atomic mass is 16.2. The largest absolute Gasteiger partial charge is 0.345 e. The van der Waals surface area contributed by atoms with Crippen LogP contribution in [0.3, 0.4) is 0 Å². The number of carbonyl (C=O) groups is 1. The summed E-state index contributed by atoms with van der Waals surface area (Å²) < 4.78 is 0. The molecule has 3 rings (SSSR count). The number of hydrogen-bond acceptors (Lipinski definition) is 4. The molecule has 0 saturated carbocycles. The number of benzene rings is 1. The first-order valence-corrected chi connectivity index (χ1v) is 7.36. The molecular weight excluding hydrogens is 264 g/mol. The second-order valence-electron chi connectivity index (χ2n) is 5.30. The zero-order chi connectivity index (χ0) is 14.7. The Morgan fingerprint density at radius 3 is 2.86 bits per heavy atom. The molecule has 2 heterocycles. The minimum atomic E-state index is 0.157. The number of rotatable bonds is 4. The SMILES string of the molecule is NCCCN1CCN(c2nccc3ccccc23)CC1=O. The van der Waals surface area contributed by atoms with Crippen LogP contribution in [0, 0.1) is 0 Å². The minimum Gasteiger partial charge on any atom is -0.345 e. The van der Waals surface area contributed by atoms with Crippen LogP contribution in [0.15, 0.2) is 36.5 Å². The first-order chi connectivity index (χ1) is 10.3. The summed E-state index contributed by atoms with van der Waals surface area (Å²) in [6.45, 7) is 3.33. The van der Waals surface area contributed by atoms with E-state index in [0.717, 1.165) is 42.6 Å². The third kappa shape index (κ3) is 2.83. The van der Waals surface area contributed by atoms with Crippen molar-refractivity contribution in [2.24, 2.45) is 5.73 Å². The molecule has 1 fully saturated rings. The molecule has 0 radical (unpaired) electrons. The molecule has 110 valence electrons.